The van der Waals surface area contributed by atoms with Crippen molar-refractivity contribution in [3.63, 3.8) is 0 Å². The van der Waals surface area contributed by atoms with Crippen LogP contribution >= 0.6 is 0 Å². The first-order chi connectivity index (χ1) is 8.67. The molecule has 1 aromatic carbocycles. The summed E-state index contributed by atoms with van der Waals surface area (Å²) in [7, 11) is 1.59. The van der Waals surface area contributed by atoms with Gasteiger partial charge in [0.2, 0.25) is 0 Å². The maximum absolute atomic E-state index is 9.04. The molecular weight excluding hydrogens is 228 g/mol. The predicted molar refractivity (Wildman–Crippen MR) is 68.6 cm³/mol. The number of nitrogens with zero attached hydrogens (tertiary/aromatic N) is 1. The van der Waals surface area contributed by atoms with Gasteiger partial charge in [0, 0.05) is 6.07 Å². The number of rotatable bonds is 4. The number of benzene rings is 1. The normalized spacial score (nSPS) is 17.2. The Bertz CT molecular complexity index is 459. The van der Waals surface area contributed by atoms with Crippen LogP contribution in [0.2, 0.25) is 0 Å². The van der Waals surface area contributed by atoms with E-state index in [0.717, 1.165) is 25.7 Å². The van der Waals surface area contributed by atoms with Gasteiger partial charge in [-0.3, -0.25) is 0 Å². The number of ether oxygens (including phenoxy) is 2. The monoisotopic (exact) mass is 246 g/mol. The molecule has 1 saturated carbocycles. The molecule has 0 heterocycles. The molecule has 0 unspecified atom stereocenters. The first-order valence-corrected chi connectivity index (χ1v) is 6.17. The van der Waals surface area contributed by atoms with E-state index >= 15 is 0 Å². The van der Waals surface area contributed by atoms with Crippen LogP contribution in [0.5, 0.6) is 11.5 Å². The number of hydrogen-bond acceptors (Lipinski definition) is 4. The Kier molecular flexibility index (Phi) is 3.73. The van der Waals surface area contributed by atoms with Crippen LogP contribution in [0.4, 0.5) is 0 Å². The van der Waals surface area contributed by atoms with Crippen molar-refractivity contribution in [1.29, 1.82) is 5.26 Å². The fourth-order valence-corrected chi connectivity index (χ4v) is 2.29. The molecule has 1 aliphatic rings. The molecule has 0 aromatic heterocycles. The van der Waals surface area contributed by atoms with Gasteiger partial charge in [0.05, 0.1) is 18.2 Å². The second-order valence-electron chi connectivity index (χ2n) is 4.83. The van der Waals surface area contributed by atoms with E-state index in [4.69, 9.17) is 20.5 Å². The van der Waals surface area contributed by atoms with Crippen LogP contribution in [-0.2, 0) is 0 Å². The molecule has 18 heavy (non-hydrogen) atoms. The standard InChI is InChI=1S/C14H18N2O2/c1-17-12-5-4-11(9-15)13(8-12)18-10-14(16)6-2-3-7-14/h4-5,8H,2-3,6-7,10,16H2,1H3. The number of hydrogen-bond donors (Lipinski definition) is 1. The highest BCUT2D eigenvalue weighted by atomic mass is 16.5. The second-order valence-corrected chi connectivity index (χ2v) is 4.83. The van der Waals surface area contributed by atoms with Gasteiger partial charge in [-0.25, -0.2) is 0 Å². The lowest BCUT2D eigenvalue weighted by atomic mass is 10.0. The number of methoxy groups -OCH3 is 1. The van der Waals surface area contributed by atoms with Gasteiger partial charge >= 0.3 is 0 Å². The van der Waals surface area contributed by atoms with Crippen molar-refractivity contribution in [2.75, 3.05) is 13.7 Å². The van der Waals surface area contributed by atoms with Crippen molar-refractivity contribution in [3.8, 4) is 17.6 Å². The van der Waals surface area contributed by atoms with E-state index < -0.39 is 0 Å². The van der Waals surface area contributed by atoms with Gasteiger partial charge in [-0.2, -0.15) is 5.26 Å². The Morgan fingerprint density at radius 1 is 1.39 bits per heavy atom. The van der Waals surface area contributed by atoms with Crippen molar-refractivity contribution in [1.82, 2.24) is 0 Å². The Morgan fingerprint density at radius 2 is 2.11 bits per heavy atom. The van der Waals surface area contributed by atoms with Crippen molar-refractivity contribution < 1.29 is 9.47 Å². The van der Waals surface area contributed by atoms with Crippen molar-refractivity contribution in [2.45, 2.75) is 31.2 Å². The molecule has 0 spiro atoms. The van der Waals surface area contributed by atoms with Gasteiger partial charge in [-0.15, -0.1) is 0 Å². The van der Waals surface area contributed by atoms with E-state index in [0.29, 0.717) is 23.7 Å². The van der Waals surface area contributed by atoms with Gasteiger partial charge in [0.25, 0.3) is 0 Å². The highest BCUT2D eigenvalue weighted by Crippen LogP contribution is 2.30. The molecule has 0 bridgehead atoms. The molecule has 4 nitrogen and oxygen atoms in total. The maximum atomic E-state index is 9.04. The Morgan fingerprint density at radius 3 is 2.72 bits per heavy atom. The third-order valence-electron chi connectivity index (χ3n) is 3.42. The molecule has 96 valence electrons. The average molecular weight is 246 g/mol. The minimum atomic E-state index is -0.240. The van der Waals surface area contributed by atoms with Gasteiger partial charge < -0.3 is 15.2 Å². The molecule has 0 atom stereocenters. The van der Waals surface area contributed by atoms with Crippen LogP contribution in [0, 0.1) is 11.3 Å². The zero-order valence-corrected chi connectivity index (χ0v) is 10.6. The van der Waals surface area contributed by atoms with E-state index in [1.54, 1.807) is 25.3 Å². The van der Waals surface area contributed by atoms with Crippen LogP contribution in [0.3, 0.4) is 0 Å². The number of nitrogens with two attached hydrogens (primary N) is 1. The molecule has 0 aliphatic heterocycles. The molecule has 1 aromatic rings. The lowest BCUT2D eigenvalue weighted by molar-refractivity contribution is 0.219. The van der Waals surface area contributed by atoms with Crippen LogP contribution in [0.1, 0.15) is 31.2 Å². The topological polar surface area (TPSA) is 68.3 Å². The quantitative estimate of drug-likeness (QED) is 0.884. The molecule has 4 heteroatoms. The van der Waals surface area contributed by atoms with E-state index in [1.807, 2.05) is 0 Å². The lowest BCUT2D eigenvalue weighted by Crippen LogP contribution is -2.42. The largest absolute Gasteiger partial charge is 0.497 e. The molecular formula is C14H18N2O2. The highest BCUT2D eigenvalue weighted by molar-refractivity contribution is 5.47. The Labute approximate surface area is 107 Å². The van der Waals surface area contributed by atoms with E-state index in [9.17, 15) is 0 Å². The van der Waals surface area contributed by atoms with Crippen molar-refractivity contribution in [2.24, 2.45) is 5.73 Å². The summed E-state index contributed by atoms with van der Waals surface area (Å²) in [5, 5.41) is 9.04. The molecule has 0 amide bonds. The summed E-state index contributed by atoms with van der Waals surface area (Å²) in [4.78, 5) is 0. The van der Waals surface area contributed by atoms with Crippen LogP contribution in [-0.4, -0.2) is 19.3 Å². The molecule has 2 rings (SSSR count). The minimum absolute atomic E-state index is 0.240. The summed E-state index contributed by atoms with van der Waals surface area (Å²) < 4.78 is 10.9. The summed E-state index contributed by atoms with van der Waals surface area (Å²) >= 11 is 0. The van der Waals surface area contributed by atoms with Crippen molar-refractivity contribution >= 4 is 0 Å². The van der Waals surface area contributed by atoms with Crippen LogP contribution in [0.15, 0.2) is 18.2 Å². The second kappa shape index (κ2) is 5.28. The molecule has 2 N–H and O–H groups in total. The van der Waals surface area contributed by atoms with Gasteiger partial charge in [-0.1, -0.05) is 12.8 Å². The van der Waals surface area contributed by atoms with Gasteiger partial charge in [0.1, 0.15) is 24.2 Å². The zero-order chi connectivity index (χ0) is 13.0. The fraction of sp³-hybridized carbons (Fsp3) is 0.500. The summed E-state index contributed by atoms with van der Waals surface area (Å²) in [5.74, 6) is 1.23. The first-order valence-electron chi connectivity index (χ1n) is 6.17. The molecule has 1 fully saturated rings. The molecule has 1 aliphatic carbocycles. The summed E-state index contributed by atoms with van der Waals surface area (Å²) in [6.45, 7) is 0.453. The third-order valence-corrected chi connectivity index (χ3v) is 3.42. The summed E-state index contributed by atoms with van der Waals surface area (Å²) in [6, 6.07) is 7.30. The molecule has 0 radical (unpaired) electrons. The Balaban J connectivity index is 2.10. The van der Waals surface area contributed by atoms with E-state index in [1.165, 1.54) is 0 Å². The van der Waals surface area contributed by atoms with Crippen molar-refractivity contribution in [3.05, 3.63) is 23.8 Å². The predicted octanol–water partition coefficient (Wildman–Crippen LogP) is 2.22. The van der Waals surface area contributed by atoms with Gasteiger partial charge in [-0.05, 0) is 25.0 Å². The Hall–Kier alpha value is -1.73. The van der Waals surface area contributed by atoms with Crippen LogP contribution < -0.4 is 15.2 Å². The van der Waals surface area contributed by atoms with E-state index in [-0.39, 0.29) is 5.54 Å². The molecule has 0 saturated heterocycles. The summed E-state index contributed by atoms with van der Waals surface area (Å²) in [6.07, 6.45) is 4.28. The third kappa shape index (κ3) is 2.74. The highest BCUT2D eigenvalue weighted by Gasteiger charge is 2.30. The number of nitriles is 1. The average Bonchev–Trinajstić information content (AvgIpc) is 2.83. The van der Waals surface area contributed by atoms with E-state index in [2.05, 4.69) is 6.07 Å². The zero-order valence-electron chi connectivity index (χ0n) is 10.6. The lowest BCUT2D eigenvalue weighted by Gasteiger charge is -2.23. The summed E-state index contributed by atoms with van der Waals surface area (Å²) in [5.41, 5.74) is 6.50. The smallest absolute Gasteiger partial charge is 0.140 e. The first kappa shape index (κ1) is 12.7. The minimum Gasteiger partial charge on any atom is -0.497 e. The van der Waals surface area contributed by atoms with Crippen LogP contribution in [0.25, 0.3) is 0 Å². The SMILES string of the molecule is COc1ccc(C#N)c(OCC2(N)CCCC2)c1. The fourth-order valence-electron chi connectivity index (χ4n) is 2.29. The van der Waals surface area contributed by atoms with Gasteiger partial charge in [0.15, 0.2) is 0 Å². The maximum Gasteiger partial charge on any atom is 0.140 e.